The van der Waals surface area contributed by atoms with E-state index in [9.17, 15) is 0 Å². The van der Waals surface area contributed by atoms with Gasteiger partial charge in [0.25, 0.3) is 0 Å². The summed E-state index contributed by atoms with van der Waals surface area (Å²) in [6, 6.07) is 0. The molecule has 1 aromatic rings. The lowest BCUT2D eigenvalue weighted by Crippen LogP contribution is -2.14. The Bertz CT molecular complexity index is 369. The molecule has 1 aliphatic rings. The standard InChI is InChI=1S/C15H27N3O/c1-3-8-16-11-14-12-17-18(13(14)2)9-4-6-15-7-5-10-19-15/h12,15-16H,3-11H2,1-2H3. The quantitative estimate of drug-likeness (QED) is 0.734. The van der Waals surface area contributed by atoms with E-state index in [-0.39, 0.29) is 0 Å². The van der Waals surface area contributed by atoms with Crippen molar-refractivity contribution in [3.63, 3.8) is 0 Å². The summed E-state index contributed by atoms with van der Waals surface area (Å²) >= 11 is 0. The Balaban J connectivity index is 1.73. The second-order valence-corrected chi connectivity index (χ2v) is 5.43. The number of hydrogen-bond acceptors (Lipinski definition) is 3. The van der Waals surface area contributed by atoms with Crippen LogP contribution in [-0.2, 0) is 17.8 Å². The Morgan fingerprint density at radius 3 is 3.16 bits per heavy atom. The van der Waals surface area contributed by atoms with E-state index in [4.69, 9.17) is 4.74 Å². The second-order valence-electron chi connectivity index (χ2n) is 5.43. The molecule has 1 aromatic heterocycles. The molecule has 4 heteroatoms. The predicted octanol–water partition coefficient (Wildman–Crippen LogP) is 2.65. The lowest BCUT2D eigenvalue weighted by molar-refractivity contribution is 0.101. The summed E-state index contributed by atoms with van der Waals surface area (Å²) in [6.07, 6.45) is 8.49. The van der Waals surface area contributed by atoms with Crippen LogP contribution in [0.15, 0.2) is 6.20 Å². The summed E-state index contributed by atoms with van der Waals surface area (Å²) in [7, 11) is 0. The largest absolute Gasteiger partial charge is 0.378 e. The van der Waals surface area contributed by atoms with Crippen molar-refractivity contribution in [2.75, 3.05) is 13.2 Å². The summed E-state index contributed by atoms with van der Waals surface area (Å²) in [4.78, 5) is 0. The molecule has 1 unspecified atom stereocenters. The van der Waals surface area contributed by atoms with Gasteiger partial charge >= 0.3 is 0 Å². The number of hydrogen-bond donors (Lipinski definition) is 1. The van der Waals surface area contributed by atoms with Gasteiger partial charge in [-0.2, -0.15) is 5.10 Å². The van der Waals surface area contributed by atoms with Gasteiger partial charge in [0.2, 0.25) is 0 Å². The maximum atomic E-state index is 5.65. The number of nitrogens with one attached hydrogen (secondary N) is 1. The molecule has 0 radical (unpaired) electrons. The number of aryl methyl sites for hydroxylation is 1. The Morgan fingerprint density at radius 1 is 1.53 bits per heavy atom. The third-order valence-electron chi connectivity index (χ3n) is 3.87. The molecule has 1 saturated heterocycles. The first-order chi connectivity index (χ1) is 9.31. The summed E-state index contributed by atoms with van der Waals surface area (Å²) in [5, 5.41) is 7.93. The highest BCUT2D eigenvalue weighted by Crippen LogP contribution is 2.17. The van der Waals surface area contributed by atoms with Crippen molar-refractivity contribution in [2.45, 2.75) is 65.1 Å². The third kappa shape index (κ3) is 4.32. The van der Waals surface area contributed by atoms with Crippen molar-refractivity contribution in [3.05, 3.63) is 17.5 Å². The van der Waals surface area contributed by atoms with Crippen LogP contribution in [0.2, 0.25) is 0 Å². The van der Waals surface area contributed by atoms with Crippen molar-refractivity contribution >= 4 is 0 Å². The van der Waals surface area contributed by atoms with Crippen LogP contribution in [0.3, 0.4) is 0 Å². The van der Waals surface area contributed by atoms with Crippen molar-refractivity contribution in [1.29, 1.82) is 0 Å². The van der Waals surface area contributed by atoms with Crippen molar-refractivity contribution in [2.24, 2.45) is 0 Å². The van der Waals surface area contributed by atoms with Crippen LogP contribution in [0.1, 0.15) is 50.3 Å². The Kier molecular flexibility index (Phi) is 5.86. The zero-order valence-corrected chi connectivity index (χ0v) is 12.3. The fraction of sp³-hybridized carbons (Fsp3) is 0.800. The molecule has 0 amide bonds. The summed E-state index contributed by atoms with van der Waals surface area (Å²) in [5.74, 6) is 0. The summed E-state index contributed by atoms with van der Waals surface area (Å²) in [6.45, 7) is 8.34. The monoisotopic (exact) mass is 265 g/mol. The molecule has 0 aromatic carbocycles. The molecule has 19 heavy (non-hydrogen) atoms. The molecule has 1 aliphatic heterocycles. The molecule has 1 fully saturated rings. The van der Waals surface area contributed by atoms with Crippen LogP contribution in [0.5, 0.6) is 0 Å². The fourth-order valence-electron chi connectivity index (χ4n) is 2.62. The van der Waals surface area contributed by atoms with Gasteiger partial charge in [0.05, 0.1) is 12.3 Å². The first-order valence-electron chi connectivity index (χ1n) is 7.65. The van der Waals surface area contributed by atoms with Crippen molar-refractivity contribution < 1.29 is 4.74 Å². The molecule has 2 heterocycles. The Morgan fingerprint density at radius 2 is 2.42 bits per heavy atom. The molecule has 108 valence electrons. The first-order valence-corrected chi connectivity index (χ1v) is 7.65. The van der Waals surface area contributed by atoms with Gasteiger partial charge in [0.1, 0.15) is 0 Å². The van der Waals surface area contributed by atoms with Crippen molar-refractivity contribution in [1.82, 2.24) is 15.1 Å². The molecular formula is C15H27N3O. The lowest BCUT2D eigenvalue weighted by Gasteiger charge is -2.10. The molecule has 0 spiro atoms. The minimum Gasteiger partial charge on any atom is -0.378 e. The molecule has 1 N–H and O–H groups in total. The molecule has 0 bridgehead atoms. The SMILES string of the molecule is CCCNCc1cnn(CCCC2CCCO2)c1C. The van der Waals surface area contributed by atoms with E-state index in [2.05, 4.69) is 28.9 Å². The number of aromatic nitrogens is 2. The average Bonchev–Trinajstić information content (AvgIpc) is 3.03. The highest BCUT2D eigenvalue weighted by Gasteiger charge is 2.15. The molecule has 2 rings (SSSR count). The van der Waals surface area contributed by atoms with E-state index >= 15 is 0 Å². The minimum absolute atomic E-state index is 0.501. The van der Waals surface area contributed by atoms with Gasteiger partial charge in [-0.25, -0.2) is 0 Å². The van der Waals surface area contributed by atoms with Gasteiger partial charge < -0.3 is 10.1 Å². The highest BCUT2D eigenvalue weighted by molar-refractivity contribution is 5.15. The van der Waals surface area contributed by atoms with Crippen molar-refractivity contribution in [3.8, 4) is 0 Å². The summed E-state index contributed by atoms with van der Waals surface area (Å²) in [5.41, 5.74) is 2.63. The molecular weight excluding hydrogens is 238 g/mol. The lowest BCUT2D eigenvalue weighted by atomic mass is 10.1. The van der Waals surface area contributed by atoms with Gasteiger partial charge in [0, 0.05) is 31.0 Å². The van der Waals surface area contributed by atoms with Crippen LogP contribution < -0.4 is 5.32 Å². The number of ether oxygens (including phenoxy) is 1. The van der Waals surface area contributed by atoms with E-state index in [1.807, 2.05) is 6.20 Å². The first kappa shape index (κ1) is 14.5. The van der Waals surface area contributed by atoms with Crippen LogP contribution in [0, 0.1) is 6.92 Å². The van der Waals surface area contributed by atoms with E-state index < -0.39 is 0 Å². The second kappa shape index (κ2) is 7.65. The van der Waals surface area contributed by atoms with Gasteiger partial charge in [-0.05, 0) is 45.6 Å². The van der Waals surface area contributed by atoms with Gasteiger partial charge in [-0.3, -0.25) is 4.68 Å². The number of nitrogens with zero attached hydrogens (tertiary/aromatic N) is 2. The zero-order chi connectivity index (χ0) is 13.5. The van der Waals surface area contributed by atoms with E-state index in [1.165, 1.54) is 36.9 Å². The normalized spacial score (nSPS) is 19.2. The predicted molar refractivity (Wildman–Crippen MR) is 77.2 cm³/mol. The van der Waals surface area contributed by atoms with Gasteiger partial charge in [-0.15, -0.1) is 0 Å². The molecule has 0 aliphatic carbocycles. The Labute approximate surface area is 116 Å². The Hall–Kier alpha value is -0.870. The average molecular weight is 265 g/mol. The van der Waals surface area contributed by atoms with E-state index in [0.29, 0.717) is 6.10 Å². The third-order valence-corrected chi connectivity index (χ3v) is 3.87. The molecule has 1 atom stereocenters. The maximum Gasteiger partial charge on any atom is 0.0576 e. The number of rotatable bonds is 8. The molecule has 0 saturated carbocycles. The van der Waals surface area contributed by atoms with Crippen LogP contribution in [0.25, 0.3) is 0 Å². The minimum atomic E-state index is 0.501. The molecule has 4 nitrogen and oxygen atoms in total. The summed E-state index contributed by atoms with van der Waals surface area (Å²) < 4.78 is 7.79. The van der Waals surface area contributed by atoms with E-state index in [0.717, 1.165) is 32.7 Å². The van der Waals surface area contributed by atoms with Crippen LogP contribution >= 0.6 is 0 Å². The fourth-order valence-corrected chi connectivity index (χ4v) is 2.62. The van der Waals surface area contributed by atoms with E-state index in [1.54, 1.807) is 0 Å². The zero-order valence-electron chi connectivity index (χ0n) is 12.3. The smallest absolute Gasteiger partial charge is 0.0576 e. The van der Waals surface area contributed by atoms with Gasteiger partial charge in [-0.1, -0.05) is 6.92 Å². The van der Waals surface area contributed by atoms with Crippen LogP contribution in [0.4, 0.5) is 0 Å². The highest BCUT2D eigenvalue weighted by atomic mass is 16.5. The maximum absolute atomic E-state index is 5.65. The van der Waals surface area contributed by atoms with Gasteiger partial charge in [0.15, 0.2) is 0 Å². The topological polar surface area (TPSA) is 39.1 Å². The van der Waals surface area contributed by atoms with Crippen LogP contribution in [-0.4, -0.2) is 29.0 Å².